The molecule has 5 aliphatic carbocycles. The second kappa shape index (κ2) is 4.51. The molecule has 1 aliphatic heterocycles. The van der Waals surface area contributed by atoms with E-state index in [1.54, 1.807) is 0 Å². The van der Waals surface area contributed by atoms with E-state index in [0.29, 0.717) is 12.8 Å². The average Bonchev–Trinajstić information content (AvgIpc) is 2.96. The highest BCUT2D eigenvalue weighted by atomic mass is 16.4. The lowest BCUT2D eigenvalue weighted by atomic mass is 9.43. The fourth-order valence-electron chi connectivity index (χ4n) is 9.78. The first-order valence-corrected chi connectivity index (χ1v) is 10.8. The van der Waals surface area contributed by atoms with Gasteiger partial charge in [-0.15, -0.1) is 0 Å². The molecule has 6 aliphatic rings. The lowest BCUT2D eigenvalue weighted by Gasteiger charge is -2.69. The Kier molecular flexibility index (Phi) is 2.90. The van der Waals surface area contributed by atoms with Crippen molar-refractivity contribution in [2.45, 2.75) is 81.8 Å². The molecule has 0 aromatic carbocycles. The van der Waals surface area contributed by atoms with E-state index in [9.17, 15) is 20.4 Å². The van der Waals surface area contributed by atoms with Crippen LogP contribution in [0.4, 0.5) is 0 Å². The molecule has 6 fully saturated rings. The van der Waals surface area contributed by atoms with Crippen LogP contribution in [-0.4, -0.2) is 67.9 Å². The van der Waals surface area contributed by atoms with Gasteiger partial charge in [-0.1, -0.05) is 13.8 Å². The number of rotatable bonds is 1. The van der Waals surface area contributed by atoms with Crippen LogP contribution in [0.1, 0.15) is 52.4 Å². The van der Waals surface area contributed by atoms with E-state index in [-0.39, 0.29) is 40.5 Å². The van der Waals surface area contributed by atoms with Crippen molar-refractivity contribution in [1.29, 1.82) is 0 Å². The minimum Gasteiger partial charge on any atom is -0.392 e. The molecule has 0 aromatic heterocycles. The summed E-state index contributed by atoms with van der Waals surface area (Å²) in [5.74, 6) is 0.305. The van der Waals surface area contributed by atoms with Crippen molar-refractivity contribution >= 4 is 0 Å². The quantitative estimate of drug-likeness (QED) is 0.552. The summed E-state index contributed by atoms with van der Waals surface area (Å²) in [6.07, 6.45) is 3.69. The number of aliphatic hydroxyl groups excluding tert-OH is 2. The Bertz CT molecular complexity index is 672. The SMILES string of the molecule is CCN1C[C@]2(C)CC[C@H](O)[C@]34C1[C@](O)(C[C@H]23)[C@@]1(O)CC[C@H]2C[C@@H]4[C@@H]1[C@H]2O. The molecule has 26 heavy (non-hydrogen) atoms. The van der Waals surface area contributed by atoms with Crippen molar-refractivity contribution in [3.8, 4) is 0 Å². The van der Waals surface area contributed by atoms with Gasteiger partial charge in [0.05, 0.1) is 12.2 Å². The fraction of sp³-hybridized carbons (Fsp3) is 1.00. The summed E-state index contributed by atoms with van der Waals surface area (Å²) < 4.78 is 0. The number of hydrogen-bond donors (Lipinski definition) is 4. The Hall–Kier alpha value is -0.200. The van der Waals surface area contributed by atoms with Crippen LogP contribution in [-0.2, 0) is 0 Å². The molecule has 5 saturated carbocycles. The molecule has 6 rings (SSSR count). The predicted molar refractivity (Wildman–Crippen MR) is 95.2 cm³/mol. The maximum absolute atomic E-state index is 12.2. The van der Waals surface area contributed by atoms with E-state index in [4.69, 9.17) is 0 Å². The highest BCUT2D eigenvalue weighted by Gasteiger charge is 2.86. The number of likely N-dealkylation sites (tertiary alicyclic amines) is 1. The highest BCUT2D eigenvalue weighted by molar-refractivity contribution is 5.37. The summed E-state index contributed by atoms with van der Waals surface area (Å²) in [5.41, 5.74) is -2.72. The molecule has 0 aromatic rings. The van der Waals surface area contributed by atoms with Gasteiger partial charge in [-0.2, -0.15) is 0 Å². The Labute approximate surface area is 155 Å². The first kappa shape index (κ1) is 16.7. The summed E-state index contributed by atoms with van der Waals surface area (Å²) in [5, 5.41) is 46.6. The molecule has 7 bridgehead atoms. The molecule has 146 valence electrons. The molecule has 11 atom stereocenters. The van der Waals surface area contributed by atoms with Crippen LogP contribution in [0, 0.1) is 34.5 Å². The maximum Gasteiger partial charge on any atom is 0.110 e. The lowest BCUT2D eigenvalue weighted by Crippen LogP contribution is -2.80. The molecule has 0 amide bonds. The van der Waals surface area contributed by atoms with E-state index in [1.807, 2.05) is 0 Å². The second-order valence-corrected chi connectivity index (χ2v) is 10.9. The molecular weight excluding hydrogens is 330 g/mol. The van der Waals surface area contributed by atoms with Gasteiger partial charge in [-0.25, -0.2) is 0 Å². The molecule has 5 nitrogen and oxygen atoms in total. The lowest BCUT2D eigenvalue weighted by molar-refractivity contribution is -0.303. The van der Waals surface area contributed by atoms with Gasteiger partial charge >= 0.3 is 0 Å². The molecular formula is C21H33NO4. The van der Waals surface area contributed by atoms with Crippen LogP contribution >= 0.6 is 0 Å². The zero-order valence-electron chi connectivity index (χ0n) is 15.9. The zero-order valence-corrected chi connectivity index (χ0v) is 15.9. The number of likely N-dealkylation sites (N-methyl/N-ethyl adjacent to an activating group) is 1. The van der Waals surface area contributed by atoms with Gasteiger partial charge in [0.2, 0.25) is 0 Å². The molecule has 0 radical (unpaired) electrons. The van der Waals surface area contributed by atoms with Crippen LogP contribution in [0.5, 0.6) is 0 Å². The molecule has 1 unspecified atom stereocenters. The monoisotopic (exact) mass is 363 g/mol. The van der Waals surface area contributed by atoms with Gasteiger partial charge in [0, 0.05) is 23.9 Å². The molecule has 1 saturated heterocycles. The topological polar surface area (TPSA) is 84.2 Å². The highest BCUT2D eigenvalue weighted by Crippen LogP contribution is 2.79. The number of piperidine rings is 1. The van der Waals surface area contributed by atoms with E-state index in [0.717, 1.165) is 38.8 Å². The van der Waals surface area contributed by atoms with Crippen LogP contribution in [0.25, 0.3) is 0 Å². The largest absolute Gasteiger partial charge is 0.392 e. The van der Waals surface area contributed by atoms with E-state index >= 15 is 0 Å². The van der Waals surface area contributed by atoms with Gasteiger partial charge in [0.25, 0.3) is 0 Å². The average molecular weight is 363 g/mol. The van der Waals surface area contributed by atoms with E-state index < -0.39 is 23.4 Å². The first-order valence-electron chi connectivity index (χ1n) is 10.8. The summed E-state index contributed by atoms with van der Waals surface area (Å²) in [6, 6.07) is -0.177. The third-order valence-electron chi connectivity index (χ3n) is 10.5. The van der Waals surface area contributed by atoms with Crippen LogP contribution in [0.2, 0.25) is 0 Å². The Morgan fingerprint density at radius 3 is 2.58 bits per heavy atom. The number of aliphatic hydroxyl groups is 4. The molecule has 4 N–H and O–H groups in total. The first-order chi connectivity index (χ1) is 12.2. The fourth-order valence-corrected chi connectivity index (χ4v) is 9.78. The van der Waals surface area contributed by atoms with Gasteiger partial charge in [-0.3, -0.25) is 4.90 Å². The zero-order chi connectivity index (χ0) is 18.3. The molecule has 1 spiro atoms. The van der Waals surface area contributed by atoms with E-state index in [1.165, 1.54) is 0 Å². The van der Waals surface area contributed by atoms with Crippen molar-refractivity contribution < 1.29 is 20.4 Å². The second-order valence-electron chi connectivity index (χ2n) is 10.9. The number of hydrogen-bond acceptors (Lipinski definition) is 5. The van der Waals surface area contributed by atoms with Crippen molar-refractivity contribution in [3.05, 3.63) is 0 Å². The van der Waals surface area contributed by atoms with Crippen LogP contribution < -0.4 is 0 Å². The van der Waals surface area contributed by atoms with Crippen molar-refractivity contribution in [2.75, 3.05) is 13.1 Å². The Balaban J connectivity index is 1.66. The normalized spacial score (nSPS) is 68.3. The van der Waals surface area contributed by atoms with Gasteiger partial charge in [0.15, 0.2) is 0 Å². The Morgan fingerprint density at radius 1 is 1.08 bits per heavy atom. The third kappa shape index (κ3) is 1.38. The Morgan fingerprint density at radius 2 is 1.85 bits per heavy atom. The van der Waals surface area contributed by atoms with Crippen molar-refractivity contribution in [1.82, 2.24) is 4.90 Å². The number of nitrogens with zero attached hydrogens (tertiary/aromatic N) is 1. The minimum absolute atomic E-state index is 0.0776. The standard InChI is InChI=1S/C21H33NO4/c1-3-22-10-18(2)6-5-14(23)21-12-8-11-4-7-19(25,15(12)16(11)24)20(26,17(21)22)9-13(18)21/h11-17,23-26H,3-10H2,1-2H3/t11-,12+,13+,14-,15+,16-,17?,18-,19+,20+,21+/m0/s1. The number of fused-ring (bicyclic) bond motifs is 2. The van der Waals surface area contributed by atoms with Crippen molar-refractivity contribution in [3.63, 3.8) is 0 Å². The maximum atomic E-state index is 12.2. The van der Waals surface area contributed by atoms with Gasteiger partial charge < -0.3 is 20.4 Å². The van der Waals surface area contributed by atoms with Gasteiger partial charge in [0.1, 0.15) is 11.2 Å². The van der Waals surface area contributed by atoms with Crippen LogP contribution in [0.3, 0.4) is 0 Å². The summed E-state index contributed by atoms with van der Waals surface area (Å²) >= 11 is 0. The van der Waals surface area contributed by atoms with E-state index in [2.05, 4.69) is 18.7 Å². The van der Waals surface area contributed by atoms with Crippen LogP contribution in [0.15, 0.2) is 0 Å². The summed E-state index contributed by atoms with van der Waals surface area (Å²) in [6.45, 7) is 6.28. The van der Waals surface area contributed by atoms with Crippen molar-refractivity contribution in [2.24, 2.45) is 34.5 Å². The smallest absolute Gasteiger partial charge is 0.110 e. The minimum atomic E-state index is -1.21. The molecule has 5 heteroatoms. The summed E-state index contributed by atoms with van der Waals surface area (Å²) in [4.78, 5) is 2.39. The third-order valence-corrected chi connectivity index (χ3v) is 10.5. The molecule has 1 heterocycles. The van der Waals surface area contributed by atoms with Gasteiger partial charge in [-0.05, 0) is 68.2 Å². The summed E-state index contributed by atoms with van der Waals surface area (Å²) in [7, 11) is 0. The predicted octanol–water partition coefficient (Wildman–Crippen LogP) is 0.741.